The highest BCUT2D eigenvalue weighted by atomic mass is 127. The quantitative estimate of drug-likeness (QED) is 0.729. The zero-order valence-electron chi connectivity index (χ0n) is 5.38. The van der Waals surface area contributed by atoms with Gasteiger partial charge in [-0.15, -0.1) is 0 Å². The van der Waals surface area contributed by atoms with E-state index in [0.29, 0.717) is 5.56 Å². The van der Waals surface area contributed by atoms with Gasteiger partial charge in [0.2, 0.25) is 0 Å². The van der Waals surface area contributed by atoms with Gasteiger partial charge in [-0.3, -0.25) is 0 Å². The Morgan fingerprint density at radius 1 is 1.36 bits per heavy atom. The van der Waals surface area contributed by atoms with E-state index < -0.39 is 5.97 Å². The van der Waals surface area contributed by atoms with Crippen LogP contribution < -0.4 is 0 Å². The highest BCUT2D eigenvalue weighted by molar-refractivity contribution is 14.1. The molecule has 58 valence electrons. The SMILES string of the molecule is O=C(OI)c1ccc(F)cc1. The van der Waals surface area contributed by atoms with Gasteiger partial charge in [-0.1, -0.05) is 0 Å². The van der Waals surface area contributed by atoms with E-state index >= 15 is 0 Å². The van der Waals surface area contributed by atoms with Crippen molar-refractivity contribution in [2.24, 2.45) is 0 Å². The predicted octanol–water partition coefficient (Wildman–Crippen LogP) is 2.33. The molecule has 11 heavy (non-hydrogen) atoms. The summed E-state index contributed by atoms with van der Waals surface area (Å²) in [5.41, 5.74) is 0.348. The summed E-state index contributed by atoms with van der Waals surface area (Å²) in [6, 6.07) is 5.17. The molecule has 0 aliphatic rings. The highest BCUT2D eigenvalue weighted by Gasteiger charge is 2.04. The molecule has 1 aromatic carbocycles. The zero-order chi connectivity index (χ0) is 8.27. The number of carbonyl (C=O) groups excluding carboxylic acids is 1. The number of halogens is 2. The van der Waals surface area contributed by atoms with Crippen molar-refractivity contribution in [2.45, 2.75) is 0 Å². The Morgan fingerprint density at radius 3 is 2.36 bits per heavy atom. The van der Waals surface area contributed by atoms with Crippen LogP contribution in [-0.2, 0) is 3.07 Å². The zero-order valence-corrected chi connectivity index (χ0v) is 7.54. The Morgan fingerprint density at radius 2 is 1.91 bits per heavy atom. The minimum absolute atomic E-state index is 0.348. The first kappa shape index (κ1) is 8.45. The van der Waals surface area contributed by atoms with Gasteiger partial charge in [0.1, 0.15) is 5.82 Å². The molecule has 0 saturated carbocycles. The monoisotopic (exact) mass is 266 g/mol. The fraction of sp³-hybridized carbons (Fsp3) is 0. The molecular formula is C7H4FIO2. The molecule has 0 aliphatic carbocycles. The lowest BCUT2D eigenvalue weighted by molar-refractivity contribution is 0.0800. The molecule has 0 unspecified atom stereocenters. The normalized spacial score (nSPS) is 9.27. The average molecular weight is 266 g/mol. The smallest absolute Gasteiger partial charge is 0.347 e. The molecule has 0 saturated heterocycles. The first-order valence-electron chi connectivity index (χ1n) is 2.82. The van der Waals surface area contributed by atoms with Crippen LogP contribution in [0.1, 0.15) is 10.4 Å². The van der Waals surface area contributed by atoms with Crippen LogP contribution in [0.5, 0.6) is 0 Å². The Balaban J connectivity index is 2.90. The van der Waals surface area contributed by atoms with Crippen molar-refractivity contribution < 1.29 is 12.3 Å². The lowest BCUT2D eigenvalue weighted by Crippen LogP contribution is -1.96. The molecular weight excluding hydrogens is 262 g/mol. The number of hydrogen-bond donors (Lipinski definition) is 0. The summed E-state index contributed by atoms with van der Waals surface area (Å²) in [6.45, 7) is 0. The van der Waals surface area contributed by atoms with E-state index in [4.69, 9.17) is 0 Å². The van der Waals surface area contributed by atoms with E-state index in [2.05, 4.69) is 3.07 Å². The molecule has 0 fully saturated rings. The van der Waals surface area contributed by atoms with Crippen molar-refractivity contribution in [1.29, 1.82) is 0 Å². The molecule has 0 aromatic heterocycles. The lowest BCUT2D eigenvalue weighted by Gasteiger charge is -1.94. The van der Waals surface area contributed by atoms with Gasteiger partial charge in [0.05, 0.1) is 5.56 Å². The van der Waals surface area contributed by atoms with Crippen LogP contribution in [0, 0.1) is 5.82 Å². The summed E-state index contributed by atoms with van der Waals surface area (Å²) >= 11 is 1.48. The first-order valence-corrected chi connectivity index (χ1v) is 3.70. The van der Waals surface area contributed by atoms with Crippen LogP contribution in [0.3, 0.4) is 0 Å². The minimum atomic E-state index is -0.467. The van der Waals surface area contributed by atoms with E-state index in [1.807, 2.05) is 0 Å². The third kappa shape index (κ3) is 2.14. The van der Waals surface area contributed by atoms with Gasteiger partial charge in [-0.05, 0) is 24.3 Å². The molecule has 0 atom stereocenters. The highest BCUT2D eigenvalue weighted by Crippen LogP contribution is 2.05. The minimum Gasteiger partial charge on any atom is -0.391 e. The van der Waals surface area contributed by atoms with Crippen LogP contribution in [-0.4, -0.2) is 5.97 Å². The maximum Gasteiger partial charge on any atom is 0.347 e. The van der Waals surface area contributed by atoms with Crippen molar-refractivity contribution in [3.63, 3.8) is 0 Å². The first-order chi connectivity index (χ1) is 5.24. The fourth-order valence-corrected chi connectivity index (χ4v) is 0.885. The molecule has 0 amide bonds. The van der Waals surface area contributed by atoms with E-state index in [1.165, 1.54) is 47.3 Å². The molecule has 0 aliphatic heterocycles. The Labute approximate surface area is 77.1 Å². The van der Waals surface area contributed by atoms with Crippen LogP contribution in [0.25, 0.3) is 0 Å². The maximum absolute atomic E-state index is 12.3. The van der Waals surface area contributed by atoms with Gasteiger partial charge in [0, 0.05) is 0 Å². The van der Waals surface area contributed by atoms with E-state index in [1.54, 1.807) is 0 Å². The Hall–Kier alpha value is -0.650. The summed E-state index contributed by atoms with van der Waals surface area (Å²) in [6.07, 6.45) is 0. The summed E-state index contributed by atoms with van der Waals surface area (Å²) in [5.74, 6) is -0.833. The number of hydrogen-bond acceptors (Lipinski definition) is 2. The summed E-state index contributed by atoms with van der Waals surface area (Å²) in [5, 5.41) is 0. The molecule has 4 heteroatoms. The van der Waals surface area contributed by atoms with Gasteiger partial charge in [0.25, 0.3) is 0 Å². The molecule has 1 rings (SSSR count). The molecule has 1 aromatic rings. The number of benzene rings is 1. The third-order valence-electron chi connectivity index (χ3n) is 1.15. The largest absolute Gasteiger partial charge is 0.391 e. The van der Waals surface area contributed by atoms with Gasteiger partial charge in [0.15, 0.2) is 23.0 Å². The molecule has 0 spiro atoms. The van der Waals surface area contributed by atoms with Crippen LogP contribution in [0.4, 0.5) is 4.39 Å². The third-order valence-corrected chi connectivity index (χ3v) is 1.55. The molecule has 0 bridgehead atoms. The lowest BCUT2D eigenvalue weighted by atomic mass is 10.2. The standard InChI is InChI=1S/C7H4FIO2/c8-6-3-1-5(2-4-6)7(10)11-9/h1-4H. The second-order valence-corrected chi connectivity index (χ2v) is 2.31. The van der Waals surface area contributed by atoms with Crippen molar-refractivity contribution >= 4 is 29.0 Å². The molecule has 0 N–H and O–H groups in total. The van der Waals surface area contributed by atoms with Crippen molar-refractivity contribution in [3.8, 4) is 0 Å². The molecule has 0 heterocycles. The van der Waals surface area contributed by atoms with Gasteiger partial charge in [-0.25, -0.2) is 9.18 Å². The van der Waals surface area contributed by atoms with Gasteiger partial charge in [-0.2, -0.15) is 0 Å². The number of rotatable bonds is 1. The van der Waals surface area contributed by atoms with Gasteiger partial charge >= 0.3 is 5.97 Å². The fourth-order valence-electron chi connectivity index (χ4n) is 0.631. The predicted molar refractivity (Wildman–Crippen MR) is 45.8 cm³/mol. The topological polar surface area (TPSA) is 26.3 Å². The van der Waals surface area contributed by atoms with Crippen LogP contribution in [0.15, 0.2) is 24.3 Å². The average Bonchev–Trinajstić information content (AvgIpc) is 2.05. The van der Waals surface area contributed by atoms with E-state index in [-0.39, 0.29) is 5.82 Å². The summed E-state index contributed by atoms with van der Waals surface area (Å²) in [7, 11) is 0. The summed E-state index contributed by atoms with van der Waals surface area (Å²) < 4.78 is 16.7. The van der Waals surface area contributed by atoms with Crippen molar-refractivity contribution in [1.82, 2.24) is 0 Å². The molecule has 2 nitrogen and oxygen atoms in total. The second kappa shape index (κ2) is 3.66. The number of carbonyl (C=O) groups is 1. The van der Waals surface area contributed by atoms with Gasteiger partial charge < -0.3 is 3.07 Å². The Bertz CT molecular complexity index is 258. The second-order valence-electron chi connectivity index (χ2n) is 1.87. The summed E-state index contributed by atoms with van der Waals surface area (Å²) in [4.78, 5) is 10.8. The van der Waals surface area contributed by atoms with E-state index in [9.17, 15) is 9.18 Å². The van der Waals surface area contributed by atoms with Crippen molar-refractivity contribution in [2.75, 3.05) is 0 Å². The maximum atomic E-state index is 12.3. The van der Waals surface area contributed by atoms with Crippen LogP contribution in [0.2, 0.25) is 0 Å². The molecule has 0 radical (unpaired) electrons. The van der Waals surface area contributed by atoms with Crippen LogP contribution >= 0.6 is 23.0 Å². The Kier molecular flexibility index (Phi) is 2.81. The van der Waals surface area contributed by atoms with Crippen molar-refractivity contribution in [3.05, 3.63) is 35.6 Å². The van der Waals surface area contributed by atoms with E-state index in [0.717, 1.165) is 0 Å².